The Bertz CT molecular complexity index is 1530. The molecule has 0 N–H and O–H groups in total. The summed E-state index contributed by atoms with van der Waals surface area (Å²) >= 11 is 0. The molecular formula is C39H51F2N5O3. The minimum atomic E-state index is -0.763. The fraction of sp³-hybridized carbons (Fsp3) is 0.615. The van der Waals surface area contributed by atoms with E-state index in [9.17, 15) is 23.6 Å². The van der Waals surface area contributed by atoms with Crippen LogP contribution in [-0.2, 0) is 26.3 Å². The quantitative estimate of drug-likeness (QED) is 0.279. The van der Waals surface area contributed by atoms with E-state index in [0.29, 0.717) is 44.1 Å². The minimum Gasteiger partial charge on any atom is -0.469 e. The maximum atomic E-state index is 15.0. The van der Waals surface area contributed by atoms with Gasteiger partial charge >= 0.3 is 5.97 Å². The van der Waals surface area contributed by atoms with Crippen molar-refractivity contribution in [3.05, 3.63) is 65.0 Å². The Kier molecular flexibility index (Phi) is 10.9. The first-order valence-electron chi connectivity index (χ1n) is 18.0. The van der Waals surface area contributed by atoms with E-state index in [1.165, 1.54) is 13.2 Å². The van der Waals surface area contributed by atoms with Gasteiger partial charge in [0.05, 0.1) is 18.7 Å². The van der Waals surface area contributed by atoms with Crippen molar-refractivity contribution >= 4 is 17.6 Å². The number of halogens is 2. The number of amides is 1. The highest BCUT2D eigenvalue weighted by Gasteiger charge is 2.52. The monoisotopic (exact) mass is 675 g/mol. The molecule has 3 atom stereocenters. The molecule has 1 aliphatic carbocycles. The lowest BCUT2D eigenvalue weighted by molar-refractivity contribution is -0.142. The number of benzene rings is 2. The van der Waals surface area contributed by atoms with Gasteiger partial charge in [-0.25, -0.2) is 8.78 Å². The molecule has 264 valence electrons. The lowest BCUT2D eigenvalue weighted by Gasteiger charge is -2.52. The standard InChI is InChI=1S/C39H51F2N5O3/c1-27(47)43(2)26-39(33-7-5-8-34(40)18-33,37-9-4-6-29(37)17-38(48)49-3)32-12-14-44(15-13-32)20-28-21-46(22-28)36-11-10-30(19-42)31(16-36)23-45-24-35(41)25-45/h5,7-8,10-11,16,18,28-29,32,35,37H,4,6,9,12-15,17,20-26H2,1-3H3/t29-,37+,39+/m1/s1. The number of piperidine rings is 1. The fourth-order valence-electron chi connectivity index (χ4n) is 9.41. The Balaban J connectivity index is 1.14. The van der Waals surface area contributed by atoms with Crippen molar-refractivity contribution in [2.45, 2.75) is 63.6 Å². The third-order valence-electron chi connectivity index (χ3n) is 12.0. The molecular weight excluding hydrogens is 624 g/mol. The molecule has 3 heterocycles. The maximum absolute atomic E-state index is 15.0. The lowest BCUT2D eigenvalue weighted by Crippen LogP contribution is -2.56. The van der Waals surface area contributed by atoms with Gasteiger partial charge in [0.1, 0.15) is 12.0 Å². The van der Waals surface area contributed by atoms with Crippen LogP contribution in [0.1, 0.15) is 62.1 Å². The second kappa shape index (κ2) is 15.1. The van der Waals surface area contributed by atoms with E-state index in [1.807, 2.05) is 30.1 Å². The van der Waals surface area contributed by atoms with Crippen molar-refractivity contribution in [2.75, 3.05) is 71.4 Å². The van der Waals surface area contributed by atoms with E-state index in [1.54, 1.807) is 24.0 Å². The largest absolute Gasteiger partial charge is 0.469 e. The number of nitriles is 1. The summed E-state index contributed by atoms with van der Waals surface area (Å²) in [6, 6.07) is 15.3. The first kappa shape index (κ1) is 35.3. The summed E-state index contributed by atoms with van der Waals surface area (Å²) in [7, 11) is 3.28. The highest BCUT2D eigenvalue weighted by atomic mass is 19.1. The molecule has 3 saturated heterocycles. The smallest absolute Gasteiger partial charge is 0.305 e. The first-order chi connectivity index (χ1) is 23.6. The lowest BCUT2D eigenvalue weighted by atomic mass is 9.56. The van der Waals surface area contributed by atoms with E-state index in [4.69, 9.17) is 4.74 Å². The Labute approximate surface area is 290 Å². The molecule has 6 rings (SSSR count). The number of likely N-dealkylation sites (N-methyl/N-ethyl adjacent to an activating group) is 1. The number of ether oxygens (including phenoxy) is 1. The van der Waals surface area contributed by atoms with E-state index in [2.05, 4.69) is 21.9 Å². The molecule has 3 aliphatic heterocycles. The van der Waals surface area contributed by atoms with E-state index < -0.39 is 11.6 Å². The van der Waals surface area contributed by atoms with Crippen molar-refractivity contribution in [3.8, 4) is 6.07 Å². The van der Waals surface area contributed by atoms with Crippen molar-refractivity contribution in [1.29, 1.82) is 5.26 Å². The topological polar surface area (TPSA) is 80.1 Å². The third-order valence-corrected chi connectivity index (χ3v) is 12.0. The van der Waals surface area contributed by atoms with Crippen LogP contribution in [0.5, 0.6) is 0 Å². The van der Waals surface area contributed by atoms with Crippen LogP contribution < -0.4 is 4.90 Å². The molecule has 1 amide bonds. The van der Waals surface area contributed by atoms with Crippen molar-refractivity contribution < 1.29 is 23.1 Å². The number of hydrogen-bond donors (Lipinski definition) is 0. The third kappa shape index (κ3) is 7.63. The van der Waals surface area contributed by atoms with E-state index >= 15 is 0 Å². The average molecular weight is 676 g/mol. The number of carbonyl (C=O) groups excluding carboxylic acids is 2. The van der Waals surface area contributed by atoms with Crippen LogP contribution in [0.3, 0.4) is 0 Å². The number of methoxy groups -OCH3 is 1. The van der Waals surface area contributed by atoms with Crippen LogP contribution in [-0.4, -0.2) is 99.3 Å². The number of nitrogens with zero attached hydrogens (tertiary/aromatic N) is 5. The Morgan fingerprint density at radius 3 is 2.45 bits per heavy atom. The van der Waals surface area contributed by atoms with E-state index in [0.717, 1.165) is 81.6 Å². The molecule has 0 spiro atoms. The van der Waals surface area contributed by atoms with Crippen LogP contribution in [0, 0.1) is 40.8 Å². The summed E-state index contributed by atoms with van der Waals surface area (Å²) in [6.45, 7) is 8.34. The normalized spacial score (nSPS) is 23.7. The molecule has 8 nitrogen and oxygen atoms in total. The zero-order valence-corrected chi connectivity index (χ0v) is 29.3. The summed E-state index contributed by atoms with van der Waals surface area (Å²) in [6.07, 6.45) is 4.32. The molecule has 4 fully saturated rings. The van der Waals surface area contributed by atoms with Crippen LogP contribution in [0.4, 0.5) is 14.5 Å². The van der Waals surface area contributed by atoms with Gasteiger partial charge < -0.3 is 19.4 Å². The molecule has 0 aromatic heterocycles. The highest BCUT2D eigenvalue weighted by Crippen LogP contribution is 2.54. The summed E-state index contributed by atoms with van der Waals surface area (Å²) in [4.78, 5) is 34.1. The summed E-state index contributed by atoms with van der Waals surface area (Å²) in [5.41, 5.74) is 3.20. The van der Waals surface area contributed by atoms with Crippen LogP contribution in [0.2, 0.25) is 0 Å². The van der Waals surface area contributed by atoms with Gasteiger partial charge in [0, 0.05) is 83.2 Å². The predicted molar refractivity (Wildman–Crippen MR) is 185 cm³/mol. The zero-order chi connectivity index (χ0) is 34.7. The Morgan fingerprint density at radius 1 is 1.04 bits per heavy atom. The maximum Gasteiger partial charge on any atom is 0.305 e. The Morgan fingerprint density at radius 2 is 1.80 bits per heavy atom. The van der Waals surface area contributed by atoms with Gasteiger partial charge in [0.25, 0.3) is 0 Å². The van der Waals surface area contributed by atoms with Gasteiger partial charge in [-0.2, -0.15) is 5.26 Å². The van der Waals surface area contributed by atoms with Gasteiger partial charge in [-0.1, -0.05) is 18.6 Å². The molecule has 2 aromatic carbocycles. The summed E-state index contributed by atoms with van der Waals surface area (Å²) in [5.74, 6) is 0.508. The van der Waals surface area contributed by atoms with Crippen molar-refractivity contribution in [1.82, 2.24) is 14.7 Å². The minimum absolute atomic E-state index is 0.0152. The zero-order valence-electron chi connectivity index (χ0n) is 29.3. The summed E-state index contributed by atoms with van der Waals surface area (Å²) in [5, 5.41) is 9.62. The van der Waals surface area contributed by atoms with Gasteiger partial charge in [0.15, 0.2) is 0 Å². The molecule has 2 aromatic rings. The average Bonchev–Trinajstić information content (AvgIpc) is 3.52. The van der Waals surface area contributed by atoms with Crippen LogP contribution in [0.25, 0.3) is 0 Å². The second-order valence-corrected chi connectivity index (χ2v) is 15.1. The van der Waals surface area contributed by atoms with Gasteiger partial charge in [-0.05, 0) is 98.0 Å². The van der Waals surface area contributed by atoms with Crippen molar-refractivity contribution in [2.24, 2.45) is 23.7 Å². The number of hydrogen-bond acceptors (Lipinski definition) is 7. The SMILES string of the molecule is COC(=O)C[C@H]1CCC[C@@H]1[C@](CN(C)C(C)=O)(c1cccc(F)c1)C1CCN(CC2CN(c3ccc(C#N)c(CN4CC(F)C4)c3)C2)CC1. The number of carbonyl (C=O) groups is 2. The second-order valence-electron chi connectivity index (χ2n) is 15.1. The number of esters is 1. The molecule has 1 saturated carbocycles. The van der Waals surface area contributed by atoms with Crippen molar-refractivity contribution in [3.63, 3.8) is 0 Å². The Hall–Kier alpha value is -3.55. The van der Waals surface area contributed by atoms with Crippen LogP contribution in [0.15, 0.2) is 42.5 Å². The molecule has 0 bridgehead atoms. The fourth-order valence-corrected chi connectivity index (χ4v) is 9.41. The number of likely N-dealkylation sites (tertiary alicyclic amines) is 2. The molecule has 49 heavy (non-hydrogen) atoms. The number of rotatable bonds is 12. The predicted octanol–water partition coefficient (Wildman–Crippen LogP) is 5.39. The summed E-state index contributed by atoms with van der Waals surface area (Å²) < 4.78 is 33.5. The molecule has 0 unspecified atom stereocenters. The number of alkyl halides is 1. The van der Waals surface area contributed by atoms with Gasteiger partial charge in [0.2, 0.25) is 5.91 Å². The van der Waals surface area contributed by atoms with Crippen LogP contribution >= 0.6 is 0 Å². The molecule has 10 heteroatoms. The van der Waals surface area contributed by atoms with Gasteiger partial charge in [-0.3, -0.25) is 14.5 Å². The molecule has 0 radical (unpaired) electrons. The van der Waals surface area contributed by atoms with E-state index in [-0.39, 0.29) is 35.4 Å². The molecule has 4 aliphatic rings. The first-order valence-corrected chi connectivity index (χ1v) is 18.0. The highest BCUT2D eigenvalue weighted by molar-refractivity contribution is 5.73. The van der Waals surface area contributed by atoms with Gasteiger partial charge in [-0.15, -0.1) is 0 Å². The number of anilines is 1.